The van der Waals surface area contributed by atoms with E-state index in [-0.39, 0.29) is 6.04 Å². The Balaban J connectivity index is 1.85. The number of fused-ring (bicyclic) bond motifs is 1. The van der Waals surface area contributed by atoms with Crippen LogP contribution in [0.4, 0.5) is 5.69 Å². The third-order valence-corrected chi connectivity index (χ3v) is 4.66. The summed E-state index contributed by atoms with van der Waals surface area (Å²) in [5, 5.41) is 4.98. The lowest BCUT2D eigenvalue weighted by Gasteiger charge is -2.20. The van der Waals surface area contributed by atoms with Gasteiger partial charge in [0.2, 0.25) is 0 Å². The number of pyridine rings is 1. The van der Waals surface area contributed by atoms with Crippen molar-refractivity contribution in [3.05, 3.63) is 95.4 Å². The smallest absolute Gasteiger partial charge is 0.172 e. The Bertz CT molecular complexity index is 985. The van der Waals surface area contributed by atoms with Gasteiger partial charge < -0.3 is 10.3 Å². The Morgan fingerprint density at radius 1 is 0.920 bits per heavy atom. The molecule has 124 valence electrons. The summed E-state index contributed by atoms with van der Waals surface area (Å²) in [6.45, 7) is 4.25. The lowest BCUT2D eigenvalue weighted by atomic mass is 9.96. The SMILES string of the molecule is Cc1ccc(NC(c2ccc[nH+]c2)c2c(C)[nH]c3ccccc23)cc1. The number of aromatic amines is 2. The first-order valence-corrected chi connectivity index (χ1v) is 8.59. The number of anilines is 1. The van der Waals surface area contributed by atoms with Crippen LogP contribution in [0.2, 0.25) is 0 Å². The van der Waals surface area contributed by atoms with Crippen molar-refractivity contribution in [2.75, 3.05) is 5.32 Å². The zero-order chi connectivity index (χ0) is 17.2. The second-order valence-electron chi connectivity index (χ2n) is 6.49. The molecule has 0 saturated heterocycles. The Hall–Kier alpha value is -3.07. The van der Waals surface area contributed by atoms with Crippen molar-refractivity contribution in [3.8, 4) is 0 Å². The molecule has 0 aliphatic carbocycles. The molecule has 0 radical (unpaired) electrons. The van der Waals surface area contributed by atoms with Crippen LogP contribution in [0.5, 0.6) is 0 Å². The highest BCUT2D eigenvalue weighted by Gasteiger charge is 2.22. The van der Waals surface area contributed by atoms with Crippen molar-refractivity contribution < 1.29 is 4.98 Å². The Morgan fingerprint density at radius 3 is 2.48 bits per heavy atom. The van der Waals surface area contributed by atoms with Gasteiger partial charge in [0.25, 0.3) is 0 Å². The normalized spacial score (nSPS) is 12.2. The molecular formula is C22H22N3+. The van der Waals surface area contributed by atoms with Gasteiger partial charge in [0, 0.05) is 39.5 Å². The fourth-order valence-corrected chi connectivity index (χ4v) is 3.40. The third kappa shape index (κ3) is 3.01. The minimum Gasteiger partial charge on any atom is -0.374 e. The first-order chi connectivity index (χ1) is 12.2. The van der Waals surface area contributed by atoms with Gasteiger partial charge in [-0.1, -0.05) is 35.9 Å². The first-order valence-electron chi connectivity index (χ1n) is 8.59. The predicted molar refractivity (Wildman–Crippen MR) is 103 cm³/mol. The number of H-pyrrole nitrogens is 2. The van der Waals surface area contributed by atoms with E-state index < -0.39 is 0 Å². The number of aryl methyl sites for hydroxylation is 2. The molecule has 0 aliphatic rings. The average Bonchev–Trinajstić information content (AvgIpc) is 2.98. The predicted octanol–water partition coefficient (Wildman–Crippen LogP) is 4.80. The average molecular weight is 328 g/mol. The standard InChI is InChI=1S/C22H21N3/c1-15-9-11-18(12-10-15)25-22(17-6-5-13-23-14-17)21-16(2)24-20-8-4-3-7-19(20)21/h3-14,22,24-25H,1-2H3/p+1. The van der Waals surface area contributed by atoms with E-state index in [1.165, 1.54) is 33.3 Å². The molecule has 1 unspecified atom stereocenters. The van der Waals surface area contributed by atoms with Crippen LogP contribution in [0.3, 0.4) is 0 Å². The lowest BCUT2D eigenvalue weighted by molar-refractivity contribution is -0.378. The highest BCUT2D eigenvalue weighted by atomic mass is 14.9. The van der Waals surface area contributed by atoms with Gasteiger partial charge in [0.1, 0.15) is 0 Å². The summed E-state index contributed by atoms with van der Waals surface area (Å²) in [5.74, 6) is 0. The summed E-state index contributed by atoms with van der Waals surface area (Å²) in [4.78, 5) is 6.74. The lowest BCUT2D eigenvalue weighted by Crippen LogP contribution is -2.15. The second-order valence-corrected chi connectivity index (χ2v) is 6.49. The molecule has 4 rings (SSSR count). The maximum atomic E-state index is 3.72. The van der Waals surface area contributed by atoms with Gasteiger partial charge in [-0.15, -0.1) is 0 Å². The molecule has 1 atom stereocenters. The molecule has 2 aromatic carbocycles. The van der Waals surface area contributed by atoms with Gasteiger partial charge in [-0.05, 0) is 38.1 Å². The van der Waals surface area contributed by atoms with Crippen LogP contribution >= 0.6 is 0 Å². The summed E-state index contributed by atoms with van der Waals surface area (Å²) in [7, 11) is 0. The summed E-state index contributed by atoms with van der Waals surface area (Å²) >= 11 is 0. The molecule has 3 nitrogen and oxygen atoms in total. The summed E-state index contributed by atoms with van der Waals surface area (Å²) < 4.78 is 0. The highest BCUT2D eigenvalue weighted by Crippen LogP contribution is 2.34. The molecule has 0 aliphatic heterocycles. The highest BCUT2D eigenvalue weighted by molar-refractivity contribution is 5.86. The maximum Gasteiger partial charge on any atom is 0.172 e. The van der Waals surface area contributed by atoms with E-state index in [1.54, 1.807) is 0 Å². The Kier molecular flexibility index (Phi) is 3.98. The molecule has 25 heavy (non-hydrogen) atoms. The molecule has 3 N–H and O–H groups in total. The summed E-state index contributed by atoms with van der Waals surface area (Å²) in [6.07, 6.45) is 4.00. The fraction of sp³-hybridized carbons (Fsp3) is 0.136. The van der Waals surface area contributed by atoms with Gasteiger partial charge in [-0.2, -0.15) is 0 Å². The summed E-state index contributed by atoms with van der Waals surface area (Å²) in [5.41, 5.74) is 7.23. The van der Waals surface area contributed by atoms with Crippen LogP contribution in [-0.2, 0) is 0 Å². The molecular weight excluding hydrogens is 306 g/mol. The van der Waals surface area contributed by atoms with Gasteiger partial charge in [-0.25, -0.2) is 4.98 Å². The number of hydrogen-bond donors (Lipinski definition) is 2. The summed E-state index contributed by atoms with van der Waals surface area (Å²) in [6, 6.07) is 21.3. The van der Waals surface area contributed by atoms with Crippen LogP contribution < -0.4 is 10.3 Å². The third-order valence-electron chi connectivity index (χ3n) is 4.66. The van der Waals surface area contributed by atoms with Gasteiger partial charge in [0.15, 0.2) is 12.4 Å². The molecule has 0 fully saturated rings. The van der Waals surface area contributed by atoms with E-state index in [1.807, 2.05) is 12.3 Å². The molecule has 0 amide bonds. The topological polar surface area (TPSA) is 42.0 Å². The van der Waals surface area contributed by atoms with E-state index in [9.17, 15) is 0 Å². The molecule has 2 aromatic heterocycles. The number of benzene rings is 2. The quantitative estimate of drug-likeness (QED) is 0.555. The van der Waals surface area contributed by atoms with E-state index in [2.05, 4.69) is 89.9 Å². The van der Waals surface area contributed by atoms with Crippen LogP contribution in [0.15, 0.2) is 73.1 Å². The monoisotopic (exact) mass is 328 g/mol. The molecule has 2 heterocycles. The fourth-order valence-electron chi connectivity index (χ4n) is 3.40. The van der Waals surface area contributed by atoms with Crippen molar-refractivity contribution in [2.24, 2.45) is 0 Å². The van der Waals surface area contributed by atoms with Gasteiger partial charge in [-0.3, -0.25) is 0 Å². The van der Waals surface area contributed by atoms with Crippen LogP contribution in [0.25, 0.3) is 10.9 Å². The van der Waals surface area contributed by atoms with E-state index in [0.29, 0.717) is 0 Å². The Labute approximate surface area is 147 Å². The number of para-hydroxylation sites is 1. The van der Waals surface area contributed by atoms with Crippen LogP contribution in [0.1, 0.15) is 28.4 Å². The number of aromatic nitrogens is 2. The number of rotatable bonds is 4. The van der Waals surface area contributed by atoms with Crippen molar-refractivity contribution in [3.63, 3.8) is 0 Å². The molecule has 0 spiro atoms. The first kappa shape index (κ1) is 15.5. The van der Waals surface area contributed by atoms with Crippen molar-refractivity contribution in [2.45, 2.75) is 19.9 Å². The van der Waals surface area contributed by atoms with Gasteiger partial charge >= 0.3 is 0 Å². The van der Waals surface area contributed by atoms with E-state index in [0.717, 1.165) is 5.69 Å². The molecule has 0 saturated carbocycles. The van der Waals surface area contributed by atoms with Crippen LogP contribution in [-0.4, -0.2) is 4.98 Å². The van der Waals surface area contributed by atoms with Crippen LogP contribution in [0, 0.1) is 13.8 Å². The number of hydrogen-bond acceptors (Lipinski definition) is 1. The molecule has 4 aromatic rings. The minimum absolute atomic E-state index is 0.0660. The van der Waals surface area contributed by atoms with Crippen molar-refractivity contribution in [1.82, 2.24) is 4.98 Å². The molecule has 3 heteroatoms. The largest absolute Gasteiger partial charge is 0.374 e. The Morgan fingerprint density at radius 2 is 1.72 bits per heavy atom. The molecule has 0 bridgehead atoms. The minimum atomic E-state index is 0.0660. The van der Waals surface area contributed by atoms with Crippen molar-refractivity contribution in [1.29, 1.82) is 0 Å². The van der Waals surface area contributed by atoms with Crippen molar-refractivity contribution >= 4 is 16.6 Å². The zero-order valence-corrected chi connectivity index (χ0v) is 14.5. The van der Waals surface area contributed by atoms with Gasteiger partial charge in [0.05, 0.1) is 6.04 Å². The maximum absolute atomic E-state index is 3.72. The zero-order valence-electron chi connectivity index (χ0n) is 14.5. The number of nitrogens with one attached hydrogen (secondary N) is 3. The second kappa shape index (κ2) is 6.44. The van der Waals surface area contributed by atoms with E-state index >= 15 is 0 Å². The van der Waals surface area contributed by atoms with E-state index in [4.69, 9.17) is 0 Å².